The summed E-state index contributed by atoms with van der Waals surface area (Å²) >= 11 is 0. The van der Waals surface area contributed by atoms with Gasteiger partial charge in [-0.2, -0.15) is 13.2 Å². The van der Waals surface area contributed by atoms with E-state index in [1.165, 1.54) is 19.3 Å². The van der Waals surface area contributed by atoms with Crippen LogP contribution in [0, 0.1) is 0 Å². The Morgan fingerprint density at radius 1 is 1.21 bits per heavy atom. The van der Waals surface area contributed by atoms with E-state index in [0.29, 0.717) is 0 Å². The first kappa shape index (κ1) is 15.1. The van der Waals surface area contributed by atoms with Gasteiger partial charge in [0.1, 0.15) is 0 Å². The fourth-order valence-electron chi connectivity index (χ4n) is 3.54. The lowest BCUT2D eigenvalue weighted by atomic mass is 9.79. The van der Waals surface area contributed by atoms with Crippen molar-refractivity contribution in [2.45, 2.75) is 69.6 Å². The van der Waals surface area contributed by atoms with E-state index in [1.54, 1.807) is 0 Å². The highest BCUT2D eigenvalue weighted by molar-refractivity contribution is 4.99. The van der Waals surface area contributed by atoms with Crippen molar-refractivity contribution in [3.05, 3.63) is 0 Å². The molecule has 0 amide bonds. The van der Waals surface area contributed by atoms with Crippen LogP contribution in [0.3, 0.4) is 0 Å². The Kier molecular flexibility index (Phi) is 4.77. The molecule has 1 heterocycles. The first-order valence-electron chi connectivity index (χ1n) is 7.50. The van der Waals surface area contributed by atoms with Gasteiger partial charge in [0.25, 0.3) is 0 Å². The third-order valence-electron chi connectivity index (χ3n) is 4.70. The Morgan fingerprint density at radius 3 is 2.47 bits per heavy atom. The van der Waals surface area contributed by atoms with Gasteiger partial charge in [-0.05, 0) is 19.3 Å². The van der Waals surface area contributed by atoms with E-state index < -0.39 is 12.6 Å². The molecule has 2 rings (SSSR count). The number of hydrogen-bond acceptors (Lipinski definition) is 2. The molecule has 1 saturated heterocycles. The second kappa shape index (κ2) is 6.00. The van der Waals surface area contributed by atoms with Crippen LogP contribution < -0.4 is 5.32 Å². The Labute approximate surface area is 113 Å². The van der Waals surface area contributed by atoms with E-state index >= 15 is 0 Å². The zero-order valence-corrected chi connectivity index (χ0v) is 11.7. The van der Waals surface area contributed by atoms with E-state index in [2.05, 4.69) is 17.1 Å². The first-order chi connectivity index (χ1) is 8.94. The van der Waals surface area contributed by atoms with Gasteiger partial charge < -0.3 is 5.32 Å². The van der Waals surface area contributed by atoms with Crippen LogP contribution in [0.5, 0.6) is 0 Å². The standard InChI is InChI=1S/C14H25F3N2/c1-2-12-10-18-13(6-4-3-5-7-13)11-19(12)9-8-14(15,16)17/h12,18H,2-11H2,1H3. The van der Waals surface area contributed by atoms with E-state index in [9.17, 15) is 13.2 Å². The number of rotatable bonds is 3. The maximum Gasteiger partial charge on any atom is 0.390 e. The lowest BCUT2D eigenvalue weighted by Crippen LogP contribution is -2.64. The molecule has 1 aliphatic heterocycles. The predicted octanol–water partition coefficient (Wildman–Crippen LogP) is 3.33. The largest absolute Gasteiger partial charge is 0.390 e. The fourth-order valence-corrected chi connectivity index (χ4v) is 3.54. The Morgan fingerprint density at radius 2 is 1.89 bits per heavy atom. The van der Waals surface area contributed by atoms with Crippen LogP contribution in [0.25, 0.3) is 0 Å². The molecular weight excluding hydrogens is 253 g/mol. The van der Waals surface area contributed by atoms with Gasteiger partial charge in [0.15, 0.2) is 0 Å². The monoisotopic (exact) mass is 278 g/mol. The van der Waals surface area contributed by atoms with Crippen LogP contribution in [-0.2, 0) is 0 Å². The number of nitrogens with one attached hydrogen (secondary N) is 1. The lowest BCUT2D eigenvalue weighted by Gasteiger charge is -2.49. The number of piperazine rings is 1. The molecule has 0 aromatic heterocycles. The third kappa shape index (κ3) is 4.09. The quantitative estimate of drug-likeness (QED) is 0.852. The van der Waals surface area contributed by atoms with Crippen LogP contribution in [0.1, 0.15) is 51.9 Å². The topological polar surface area (TPSA) is 15.3 Å². The van der Waals surface area contributed by atoms with Crippen LogP contribution in [-0.4, -0.2) is 42.3 Å². The minimum atomic E-state index is -4.04. The average molecular weight is 278 g/mol. The summed E-state index contributed by atoms with van der Waals surface area (Å²) in [4.78, 5) is 2.08. The molecule has 0 bridgehead atoms. The third-order valence-corrected chi connectivity index (χ3v) is 4.70. The summed E-state index contributed by atoms with van der Waals surface area (Å²) in [5, 5.41) is 3.64. The molecule has 1 atom stereocenters. The van der Waals surface area contributed by atoms with Crippen LogP contribution in [0.4, 0.5) is 13.2 Å². The smallest absolute Gasteiger partial charge is 0.308 e. The fraction of sp³-hybridized carbons (Fsp3) is 1.00. The molecule has 1 unspecified atom stereocenters. The Hall–Kier alpha value is -0.290. The molecule has 0 radical (unpaired) electrons. The van der Waals surface area contributed by atoms with Crippen molar-refractivity contribution in [3.8, 4) is 0 Å². The second-order valence-electron chi connectivity index (χ2n) is 6.12. The molecule has 19 heavy (non-hydrogen) atoms. The Balaban J connectivity index is 1.96. The summed E-state index contributed by atoms with van der Waals surface area (Å²) in [6.45, 7) is 3.85. The van der Waals surface area contributed by atoms with Crippen LogP contribution in [0.15, 0.2) is 0 Å². The van der Waals surface area contributed by atoms with Gasteiger partial charge in [0.05, 0.1) is 6.42 Å². The molecule has 2 fully saturated rings. The van der Waals surface area contributed by atoms with Crippen LogP contribution in [0.2, 0.25) is 0 Å². The molecule has 0 aromatic rings. The molecule has 2 nitrogen and oxygen atoms in total. The van der Waals surface area contributed by atoms with Crippen molar-refractivity contribution in [1.82, 2.24) is 10.2 Å². The maximum absolute atomic E-state index is 12.4. The van der Waals surface area contributed by atoms with E-state index in [-0.39, 0.29) is 18.1 Å². The van der Waals surface area contributed by atoms with Gasteiger partial charge in [-0.3, -0.25) is 4.90 Å². The van der Waals surface area contributed by atoms with Crippen molar-refractivity contribution in [1.29, 1.82) is 0 Å². The first-order valence-corrected chi connectivity index (χ1v) is 7.50. The average Bonchev–Trinajstić information content (AvgIpc) is 2.37. The van der Waals surface area contributed by atoms with Gasteiger partial charge in [0, 0.05) is 31.2 Å². The normalized spacial score (nSPS) is 28.7. The van der Waals surface area contributed by atoms with Crippen molar-refractivity contribution in [3.63, 3.8) is 0 Å². The molecule has 112 valence electrons. The number of nitrogens with zero attached hydrogens (tertiary/aromatic N) is 1. The van der Waals surface area contributed by atoms with Crippen molar-refractivity contribution in [2.24, 2.45) is 0 Å². The molecule has 2 aliphatic rings. The van der Waals surface area contributed by atoms with Gasteiger partial charge in [-0.25, -0.2) is 0 Å². The second-order valence-corrected chi connectivity index (χ2v) is 6.12. The number of hydrogen-bond donors (Lipinski definition) is 1. The predicted molar refractivity (Wildman–Crippen MR) is 70.1 cm³/mol. The highest BCUT2D eigenvalue weighted by Crippen LogP contribution is 2.33. The van der Waals surface area contributed by atoms with Crippen molar-refractivity contribution < 1.29 is 13.2 Å². The van der Waals surface area contributed by atoms with Crippen LogP contribution >= 0.6 is 0 Å². The molecule has 1 N–H and O–H groups in total. The summed E-state index contributed by atoms with van der Waals surface area (Å²) in [7, 11) is 0. The summed E-state index contributed by atoms with van der Waals surface area (Å²) in [6.07, 6.45) is 2.11. The van der Waals surface area contributed by atoms with Gasteiger partial charge in [-0.1, -0.05) is 26.2 Å². The Bertz CT molecular complexity index is 285. The minimum absolute atomic E-state index is 0.0928. The molecule has 1 saturated carbocycles. The van der Waals surface area contributed by atoms with Gasteiger partial charge in [-0.15, -0.1) is 0 Å². The van der Waals surface area contributed by atoms with Gasteiger partial charge in [0.2, 0.25) is 0 Å². The minimum Gasteiger partial charge on any atom is -0.308 e. The summed E-state index contributed by atoms with van der Waals surface area (Å²) in [5.41, 5.74) is 0.0928. The van der Waals surface area contributed by atoms with Crippen molar-refractivity contribution >= 4 is 0 Å². The highest BCUT2D eigenvalue weighted by atomic mass is 19.4. The van der Waals surface area contributed by atoms with E-state index in [1.807, 2.05) is 0 Å². The zero-order valence-electron chi connectivity index (χ0n) is 11.7. The molecule has 5 heteroatoms. The lowest BCUT2D eigenvalue weighted by molar-refractivity contribution is -0.141. The molecule has 0 aromatic carbocycles. The summed E-state index contributed by atoms with van der Waals surface area (Å²) in [5.74, 6) is 0. The van der Waals surface area contributed by atoms with Gasteiger partial charge >= 0.3 is 6.18 Å². The number of alkyl halides is 3. The highest BCUT2D eigenvalue weighted by Gasteiger charge is 2.40. The molecule has 1 spiro atoms. The summed E-state index contributed by atoms with van der Waals surface area (Å²) < 4.78 is 37.3. The number of halogens is 3. The molecule has 1 aliphatic carbocycles. The SMILES string of the molecule is CCC1CNC2(CCCCC2)CN1CCC(F)(F)F. The maximum atomic E-state index is 12.4. The van der Waals surface area contributed by atoms with E-state index in [4.69, 9.17) is 0 Å². The van der Waals surface area contributed by atoms with Crippen molar-refractivity contribution in [2.75, 3.05) is 19.6 Å². The summed E-state index contributed by atoms with van der Waals surface area (Å²) in [6, 6.07) is 0.259. The van der Waals surface area contributed by atoms with E-state index in [0.717, 1.165) is 32.4 Å². The zero-order chi connectivity index (χ0) is 13.9. The molecular formula is C14H25F3N2.